The van der Waals surface area contributed by atoms with Crippen LogP contribution in [0.4, 0.5) is 0 Å². The predicted octanol–water partition coefficient (Wildman–Crippen LogP) is 4.24. The van der Waals surface area contributed by atoms with Crippen molar-refractivity contribution in [3.8, 4) is 0 Å². The molecule has 0 atom stereocenters. The zero-order chi connectivity index (χ0) is 15.5. The van der Waals surface area contributed by atoms with Gasteiger partial charge in [0, 0.05) is 40.8 Å². The first-order chi connectivity index (χ1) is 10.7. The first kappa shape index (κ1) is 21.5. The molecule has 0 spiro atoms. The number of aryl methyl sites for hydroxylation is 2. The van der Waals surface area contributed by atoms with Crippen molar-refractivity contribution < 1.29 is 40.8 Å². The molecule has 0 saturated carbocycles. The maximum absolute atomic E-state index is 4.27. The molecule has 3 aromatic rings. The van der Waals surface area contributed by atoms with Crippen molar-refractivity contribution in [2.45, 2.75) is 13.8 Å². The monoisotopic (exact) mass is 515 g/mol. The van der Waals surface area contributed by atoms with Gasteiger partial charge in [-0.15, -0.1) is 0 Å². The summed E-state index contributed by atoms with van der Waals surface area (Å²) in [6.45, 7) is 8.67. The maximum atomic E-state index is 4.27. The molecule has 129 valence electrons. The second-order valence-electron chi connectivity index (χ2n) is 5.54. The third-order valence-electron chi connectivity index (χ3n) is 3.95. The van der Waals surface area contributed by atoms with Crippen LogP contribution in [0.3, 0.4) is 0 Å². The van der Waals surface area contributed by atoms with E-state index in [0.29, 0.717) is 0 Å². The van der Waals surface area contributed by atoms with Crippen LogP contribution in [0.5, 0.6) is 0 Å². The van der Waals surface area contributed by atoms with Gasteiger partial charge >= 0.3 is 0 Å². The van der Waals surface area contributed by atoms with E-state index in [1.54, 1.807) is 0 Å². The summed E-state index contributed by atoms with van der Waals surface area (Å²) in [5.74, 6) is 0. The molecule has 0 aliphatic carbocycles. The molecular weight excluding hydrogens is 496 g/mol. The molecule has 0 aliphatic rings. The summed E-state index contributed by atoms with van der Waals surface area (Å²) in [6.07, 6.45) is 0. The van der Waals surface area contributed by atoms with Crippen LogP contribution in [0.1, 0.15) is 16.7 Å². The van der Waals surface area contributed by atoms with Gasteiger partial charge in [-0.3, -0.25) is 0 Å². The minimum absolute atomic E-state index is 0. The fourth-order valence-corrected chi connectivity index (χ4v) is 5.45. The second kappa shape index (κ2) is 9.78. The molecule has 24 heavy (non-hydrogen) atoms. The fraction of sp³-hybridized carbons (Fsp3) is 0.0952. The predicted molar refractivity (Wildman–Crippen MR) is 99.1 cm³/mol. The molecule has 0 unspecified atom stereocenters. The molecule has 3 rings (SSSR count). The molecule has 0 N–H and O–H groups in total. The number of rotatable bonds is 3. The van der Waals surface area contributed by atoms with Gasteiger partial charge in [0.2, 0.25) is 0 Å². The Morgan fingerprint density at radius 1 is 0.583 bits per heavy atom. The first-order valence-electron chi connectivity index (χ1n) is 7.51. The van der Waals surface area contributed by atoms with E-state index in [0.717, 1.165) is 5.56 Å². The molecule has 0 bridgehead atoms. The Bertz CT molecular complexity index is 691. The number of hydrogen-bond acceptors (Lipinski definition) is 0. The maximum Gasteiger partial charge on any atom is 0 e. The van der Waals surface area contributed by atoms with Crippen LogP contribution in [0.2, 0.25) is 0 Å². The van der Waals surface area contributed by atoms with E-state index in [2.05, 4.69) is 93.6 Å². The van der Waals surface area contributed by atoms with Gasteiger partial charge in [0.15, 0.2) is 0 Å². The molecule has 0 aromatic heterocycles. The van der Waals surface area contributed by atoms with E-state index < -0.39 is 7.92 Å². The van der Waals surface area contributed by atoms with Gasteiger partial charge in [0.05, 0.1) is 0 Å². The van der Waals surface area contributed by atoms with Crippen molar-refractivity contribution in [2.24, 2.45) is 0 Å². The third-order valence-corrected chi connectivity index (χ3v) is 6.83. The van der Waals surface area contributed by atoms with Crippen molar-refractivity contribution in [1.82, 2.24) is 0 Å². The van der Waals surface area contributed by atoms with Gasteiger partial charge in [-0.05, 0) is 61.3 Å². The summed E-state index contributed by atoms with van der Waals surface area (Å²) in [4.78, 5) is 0. The molecule has 0 fully saturated rings. The van der Waals surface area contributed by atoms with Crippen LogP contribution in [0.15, 0.2) is 72.8 Å². The molecule has 0 saturated heterocycles. The van der Waals surface area contributed by atoms with Crippen molar-refractivity contribution in [1.29, 1.82) is 0 Å². The van der Waals surface area contributed by atoms with Gasteiger partial charge < -0.3 is 0 Å². The van der Waals surface area contributed by atoms with Gasteiger partial charge in [0.25, 0.3) is 0 Å². The Morgan fingerprint density at radius 2 is 0.958 bits per heavy atom. The molecule has 0 aliphatic heterocycles. The van der Waals surface area contributed by atoms with Gasteiger partial charge in [-0.1, -0.05) is 72.8 Å². The van der Waals surface area contributed by atoms with E-state index in [-0.39, 0.29) is 40.8 Å². The topological polar surface area (TPSA) is 0 Å². The quantitative estimate of drug-likeness (QED) is 0.361. The van der Waals surface area contributed by atoms with Crippen LogP contribution in [-0.4, -0.2) is 0 Å². The van der Waals surface area contributed by atoms with Crippen LogP contribution in [-0.2, 0) is 40.8 Å². The Kier molecular flexibility index (Phi) is 8.75. The Hall–Kier alpha value is -0.585. The molecule has 0 heterocycles. The molecule has 3 heteroatoms. The fourth-order valence-electron chi connectivity index (χ4n) is 2.75. The molecular formula is C21H20PPd2. The summed E-state index contributed by atoms with van der Waals surface area (Å²) in [6, 6.07) is 26.0. The minimum Gasteiger partial charge on any atom is -0.0620 e. The summed E-state index contributed by atoms with van der Waals surface area (Å²) >= 11 is 0. The average Bonchev–Trinajstić information content (AvgIpc) is 2.53. The zero-order valence-electron chi connectivity index (χ0n) is 13.7. The number of hydrogen-bond donors (Lipinski definition) is 0. The summed E-state index contributed by atoms with van der Waals surface area (Å²) in [5, 5.41) is 4.19. The van der Waals surface area contributed by atoms with Crippen LogP contribution in [0, 0.1) is 20.8 Å². The average molecular weight is 516 g/mol. The van der Waals surface area contributed by atoms with E-state index >= 15 is 0 Å². The van der Waals surface area contributed by atoms with Crippen molar-refractivity contribution in [3.63, 3.8) is 0 Å². The Labute approximate surface area is 174 Å². The smallest absolute Gasteiger partial charge is 0 e. The normalized spacial score (nSPS) is 10.0. The third kappa shape index (κ3) is 4.52. The van der Waals surface area contributed by atoms with Crippen LogP contribution >= 0.6 is 7.92 Å². The molecule has 0 nitrogen and oxygen atoms in total. The number of benzene rings is 3. The second-order valence-corrected chi connectivity index (χ2v) is 7.65. The molecule has 3 aromatic carbocycles. The van der Waals surface area contributed by atoms with Crippen LogP contribution < -0.4 is 15.9 Å². The largest absolute Gasteiger partial charge is 0.0620 e. The Balaban J connectivity index is 0.00000144. The van der Waals surface area contributed by atoms with E-state index in [1.807, 2.05) is 0 Å². The van der Waals surface area contributed by atoms with E-state index in [1.165, 1.54) is 27.0 Å². The molecule has 1 radical (unpaired) electrons. The van der Waals surface area contributed by atoms with Gasteiger partial charge in [-0.25, -0.2) is 0 Å². The first-order valence-corrected chi connectivity index (χ1v) is 8.85. The van der Waals surface area contributed by atoms with E-state index in [9.17, 15) is 0 Å². The zero-order valence-corrected chi connectivity index (χ0v) is 17.7. The van der Waals surface area contributed by atoms with Crippen molar-refractivity contribution in [2.75, 3.05) is 0 Å². The summed E-state index contributed by atoms with van der Waals surface area (Å²) in [5.41, 5.74) is 3.82. The van der Waals surface area contributed by atoms with Crippen LogP contribution in [0.25, 0.3) is 0 Å². The SMILES string of the molecule is [CH2]c1ccccc1P(c1ccccc1C)c1ccccc1C.[Pd].[Pd]. The standard InChI is InChI=1S/C21H20P.2Pd/c1-16-10-4-7-13-19(16)22(20-14-8-5-11-17(20)2)21-15-9-6-12-18(21)3;;/h4-15H,1H2,2-3H3;;. The van der Waals surface area contributed by atoms with Gasteiger partial charge in [0.1, 0.15) is 0 Å². The van der Waals surface area contributed by atoms with Gasteiger partial charge in [-0.2, -0.15) is 0 Å². The summed E-state index contributed by atoms with van der Waals surface area (Å²) in [7, 11) is -0.571. The Morgan fingerprint density at radius 3 is 1.38 bits per heavy atom. The van der Waals surface area contributed by atoms with Crippen molar-refractivity contribution in [3.05, 3.63) is 96.4 Å². The van der Waals surface area contributed by atoms with Crippen molar-refractivity contribution >= 4 is 23.8 Å². The molecule has 0 amide bonds. The summed E-state index contributed by atoms with van der Waals surface area (Å²) < 4.78 is 0. The van der Waals surface area contributed by atoms with E-state index in [4.69, 9.17) is 0 Å². The minimum atomic E-state index is -0.571.